The highest BCUT2D eigenvalue weighted by molar-refractivity contribution is 5.83. The molecule has 37 heavy (non-hydrogen) atoms. The van der Waals surface area contributed by atoms with Gasteiger partial charge in [-0.15, -0.1) is 0 Å². The molecule has 2 N–H and O–H groups in total. The van der Waals surface area contributed by atoms with Crippen LogP contribution in [0.15, 0.2) is 59.5 Å². The number of rotatable bonds is 9. The summed E-state index contributed by atoms with van der Waals surface area (Å²) in [5.74, 6) is 1.38. The predicted molar refractivity (Wildman–Crippen MR) is 144 cm³/mol. The molecule has 2 aromatic heterocycles. The van der Waals surface area contributed by atoms with E-state index in [-0.39, 0.29) is 24.1 Å². The van der Waals surface area contributed by atoms with Crippen molar-refractivity contribution in [2.45, 2.75) is 33.0 Å². The van der Waals surface area contributed by atoms with Crippen molar-refractivity contribution in [3.8, 4) is 34.0 Å². The lowest BCUT2D eigenvalue weighted by atomic mass is 10.0. The second-order valence-corrected chi connectivity index (χ2v) is 8.98. The fourth-order valence-corrected chi connectivity index (χ4v) is 4.16. The number of pyridine rings is 1. The van der Waals surface area contributed by atoms with Gasteiger partial charge in [0.25, 0.3) is 5.56 Å². The Balaban J connectivity index is 1.90. The topological polar surface area (TPSA) is 107 Å². The maximum atomic E-state index is 13.8. The molecule has 2 heterocycles. The Labute approximate surface area is 215 Å². The van der Waals surface area contributed by atoms with Crippen molar-refractivity contribution in [1.82, 2.24) is 25.2 Å². The Morgan fingerprint density at radius 3 is 2.46 bits per heavy atom. The van der Waals surface area contributed by atoms with Crippen LogP contribution < -0.4 is 25.7 Å². The number of hydrogen-bond acceptors (Lipinski definition) is 7. The van der Waals surface area contributed by atoms with Crippen LogP contribution in [0.5, 0.6) is 11.5 Å². The van der Waals surface area contributed by atoms with Crippen molar-refractivity contribution in [3.63, 3.8) is 0 Å². The third-order valence-corrected chi connectivity index (χ3v) is 5.81. The lowest BCUT2D eigenvalue weighted by molar-refractivity contribution is -0.122. The van der Waals surface area contributed by atoms with Crippen molar-refractivity contribution in [2.24, 2.45) is 0 Å². The summed E-state index contributed by atoms with van der Waals surface area (Å²) < 4.78 is 12.2. The zero-order valence-electron chi connectivity index (χ0n) is 21.7. The SMILES string of the molecule is CNCc1cc(OC)cc(-c2cnc3nc(-c4cccc(OC)c4)n(CC(=O)NC(C)C)c(=O)c3c2)c1. The monoisotopic (exact) mass is 501 g/mol. The van der Waals surface area contributed by atoms with Crippen LogP contribution in [0, 0.1) is 0 Å². The maximum absolute atomic E-state index is 13.8. The quantitative estimate of drug-likeness (QED) is 0.362. The van der Waals surface area contributed by atoms with Crippen molar-refractivity contribution in [1.29, 1.82) is 0 Å². The Kier molecular flexibility index (Phi) is 7.83. The molecule has 9 heteroatoms. The van der Waals surface area contributed by atoms with Crippen LogP contribution in [0.1, 0.15) is 19.4 Å². The molecule has 0 atom stereocenters. The molecule has 0 aliphatic heterocycles. The molecule has 0 saturated heterocycles. The highest BCUT2D eigenvalue weighted by atomic mass is 16.5. The van der Waals surface area contributed by atoms with Crippen LogP contribution in [0.25, 0.3) is 33.5 Å². The fourth-order valence-electron chi connectivity index (χ4n) is 4.16. The normalized spacial score (nSPS) is 11.1. The number of benzene rings is 2. The van der Waals surface area contributed by atoms with Gasteiger partial charge in [0, 0.05) is 29.9 Å². The van der Waals surface area contributed by atoms with Crippen LogP contribution in [0.3, 0.4) is 0 Å². The van der Waals surface area contributed by atoms with E-state index in [1.54, 1.807) is 38.6 Å². The molecule has 9 nitrogen and oxygen atoms in total. The van der Waals surface area contributed by atoms with Gasteiger partial charge in [-0.1, -0.05) is 12.1 Å². The average molecular weight is 502 g/mol. The Hall–Kier alpha value is -4.24. The molecule has 1 amide bonds. The minimum Gasteiger partial charge on any atom is -0.497 e. The minimum absolute atomic E-state index is 0.0648. The van der Waals surface area contributed by atoms with E-state index in [1.807, 2.05) is 51.2 Å². The summed E-state index contributed by atoms with van der Waals surface area (Å²) >= 11 is 0. The van der Waals surface area contributed by atoms with Crippen LogP contribution in [-0.4, -0.2) is 47.8 Å². The first-order chi connectivity index (χ1) is 17.8. The number of amides is 1. The molecule has 4 aromatic rings. The number of ether oxygens (including phenoxy) is 2. The summed E-state index contributed by atoms with van der Waals surface area (Å²) in [6, 6.07) is 14.8. The van der Waals surface area contributed by atoms with E-state index in [2.05, 4.69) is 15.6 Å². The first kappa shape index (κ1) is 25.8. The second-order valence-electron chi connectivity index (χ2n) is 8.98. The van der Waals surface area contributed by atoms with Gasteiger partial charge < -0.3 is 20.1 Å². The largest absolute Gasteiger partial charge is 0.497 e. The zero-order chi connectivity index (χ0) is 26.5. The van der Waals surface area contributed by atoms with Gasteiger partial charge in [0.05, 0.1) is 19.6 Å². The van der Waals surface area contributed by atoms with Gasteiger partial charge in [-0.25, -0.2) is 9.97 Å². The van der Waals surface area contributed by atoms with Gasteiger partial charge in [-0.3, -0.25) is 14.2 Å². The number of fused-ring (bicyclic) bond motifs is 1. The lowest BCUT2D eigenvalue weighted by Gasteiger charge is -2.15. The van der Waals surface area contributed by atoms with Crippen molar-refractivity contribution in [2.75, 3.05) is 21.3 Å². The van der Waals surface area contributed by atoms with Crippen molar-refractivity contribution in [3.05, 3.63) is 70.6 Å². The fraction of sp³-hybridized carbons (Fsp3) is 0.286. The minimum atomic E-state index is -0.352. The number of hydrogen-bond donors (Lipinski definition) is 2. The first-order valence-electron chi connectivity index (χ1n) is 12.0. The van der Waals surface area contributed by atoms with E-state index < -0.39 is 0 Å². The number of aromatic nitrogens is 3. The van der Waals surface area contributed by atoms with E-state index in [4.69, 9.17) is 14.5 Å². The van der Waals surface area contributed by atoms with Gasteiger partial charge in [0.2, 0.25) is 5.91 Å². The van der Waals surface area contributed by atoms with Crippen molar-refractivity contribution < 1.29 is 14.3 Å². The molecule has 0 aliphatic rings. The van der Waals surface area contributed by atoms with Gasteiger partial charge in [0.15, 0.2) is 5.65 Å². The smallest absolute Gasteiger partial charge is 0.263 e. The van der Waals surface area contributed by atoms with Gasteiger partial charge in [0.1, 0.15) is 23.9 Å². The van der Waals surface area contributed by atoms with E-state index in [0.717, 1.165) is 16.7 Å². The summed E-state index contributed by atoms with van der Waals surface area (Å²) in [7, 11) is 5.06. The summed E-state index contributed by atoms with van der Waals surface area (Å²) in [5.41, 5.74) is 3.23. The number of methoxy groups -OCH3 is 2. The number of nitrogens with zero attached hydrogens (tertiary/aromatic N) is 3. The summed E-state index contributed by atoms with van der Waals surface area (Å²) in [6.45, 7) is 4.22. The first-order valence-corrected chi connectivity index (χ1v) is 12.0. The molecule has 0 fully saturated rings. The van der Waals surface area contributed by atoms with Crippen LogP contribution in [-0.2, 0) is 17.9 Å². The molecule has 0 saturated carbocycles. The number of nitrogens with one attached hydrogen (secondary N) is 2. The molecule has 0 unspecified atom stereocenters. The van der Waals surface area contributed by atoms with E-state index in [9.17, 15) is 9.59 Å². The maximum Gasteiger partial charge on any atom is 0.263 e. The van der Waals surface area contributed by atoms with Gasteiger partial charge in [-0.05, 0) is 68.4 Å². The summed E-state index contributed by atoms with van der Waals surface area (Å²) in [4.78, 5) is 35.8. The molecule has 0 bridgehead atoms. The number of carbonyl (C=O) groups excluding carboxylic acids is 1. The molecule has 0 aliphatic carbocycles. The second kappa shape index (κ2) is 11.2. The average Bonchev–Trinajstić information content (AvgIpc) is 2.89. The molecule has 0 radical (unpaired) electrons. The van der Waals surface area contributed by atoms with Crippen LogP contribution in [0.4, 0.5) is 0 Å². The predicted octanol–water partition coefficient (Wildman–Crippen LogP) is 3.39. The molecular formula is C28H31N5O4. The van der Waals surface area contributed by atoms with Crippen LogP contribution >= 0.6 is 0 Å². The molecule has 192 valence electrons. The molecule has 4 rings (SSSR count). The Morgan fingerprint density at radius 2 is 1.76 bits per heavy atom. The molecular weight excluding hydrogens is 470 g/mol. The van der Waals surface area contributed by atoms with E-state index >= 15 is 0 Å². The summed E-state index contributed by atoms with van der Waals surface area (Å²) in [5, 5.41) is 6.31. The van der Waals surface area contributed by atoms with Gasteiger partial charge in [-0.2, -0.15) is 0 Å². The standard InChI is InChI=1S/C28H31N5O4/c1-17(2)31-25(34)16-33-27(19-7-6-8-22(11-19)36-4)32-26-24(28(33)35)13-21(15-30-26)20-9-18(14-29-3)10-23(12-20)37-5/h6-13,15,17,29H,14,16H2,1-5H3,(H,31,34). The van der Waals surface area contributed by atoms with E-state index in [0.29, 0.717) is 40.5 Å². The Morgan fingerprint density at radius 1 is 1.00 bits per heavy atom. The molecule has 0 spiro atoms. The van der Waals surface area contributed by atoms with Crippen LogP contribution in [0.2, 0.25) is 0 Å². The highest BCUT2D eigenvalue weighted by Gasteiger charge is 2.18. The third-order valence-electron chi connectivity index (χ3n) is 5.81. The third kappa shape index (κ3) is 5.78. The summed E-state index contributed by atoms with van der Waals surface area (Å²) in [6.07, 6.45) is 1.69. The molecule has 2 aromatic carbocycles. The zero-order valence-corrected chi connectivity index (χ0v) is 21.7. The van der Waals surface area contributed by atoms with Gasteiger partial charge >= 0.3 is 0 Å². The number of carbonyl (C=O) groups is 1. The highest BCUT2D eigenvalue weighted by Crippen LogP contribution is 2.28. The van der Waals surface area contributed by atoms with E-state index in [1.165, 1.54) is 4.57 Å². The van der Waals surface area contributed by atoms with Crippen molar-refractivity contribution >= 4 is 16.9 Å². The lowest BCUT2D eigenvalue weighted by Crippen LogP contribution is -2.37. The Bertz CT molecular complexity index is 1500.